The zero-order chi connectivity index (χ0) is 12.6. The largest absolute Gasteiger partial charge is 0.387 e. The molecule has 0 spiro atoms. The molecule has 1 aromatic rings. The van der Waals surface area contributed by atoms with Crippen molar-refractivity contribution in [1.82, 2.24) is 0 Å². The number of hydrogen-bond acceptors (Lipinski definition) is 2. The highest BCUT2D eigenvalue weighted by Gasteiger charge is 2.38. The van der Waals surface area contributed by atoms with Gasteiger partial charge < -0.3 is 5.11 Å². The van der Waals surface area contributed by atoms with Crippen molar-refractivity contribution < 1.29 is 5.11 Å². The third-order valence-electron chi connectivity index (χ3n) is 4.14. The lowest BCUT2D eigenvalue weighted by molar-refractivity contribution is 0.00587. The summed E-state index contributed by atoms with van der Waals surface area (Å²) in [6, 6.07) is 2.04. The molecule has 3 heteroatoms. The highest BCUT2D eigenvalue weighted by Crippen LogP contribution is 2.48. The van der Waals surface area contributed by atoms with Crippen LogP contribution in [0.1, 0.15) is 56.1 Å². The molecule has 1 aliphatic rings. The van der Waals surface area contributed by atoms with Crippen LogP contribution in [0.3, 0.4) is 0 Å². The fraction of sp³-hybridized carbons (Fsp3) is 0.714. The highest BCUT2D eigenvalue weighted by molar-refractivity contribution is 7.16. The van der Waals surface area contributed by atoms with Crippen molar-refractivity contribution >= 4 is 22.9 Å². The second kappa shape index (κ2) is 4.91. The smallest absolute Gasteiger partial charge is 0.0961 e. The molecule has 0 bridgehead atoms. The molecule has 17 heavy (non-hydrogen) atoms. The molecule has 2 rings (SSSR count). The lowest BCUT2D eigenvalue weighted by Crippen LogP contribution is -2.32. The van der Waals surface area contributed by atoms with E-state index in [1.165, 1.54) is 30.6 Å². The first-order valence-corrected chi connectivity index (χ1v) is 7.55. The van der Waals surface area contributed by atoms with Gasteiger partial charge in [-0.3, -0.25) is 0 Å². The van der Waals surface area contributed by atoms with E-state index >= 15 is 0 Å². The minimum atomic E-state index is -0.346. The first-order valence-electron chi connectivity index (χ1n) is 6.36. The van der Waals surface area contributed by atoms with Crippen LogP contribution in [-0.4, -0.2) is 5.11 Å². The quantitative estimate of drug-likeness (QED) is 0.807. The summed E-state index contributed by atoms with van der Waals surface area (Å²) in [6.07, 6.45) is 4.53. The fourth-order valence-corrected chi connectivity index (χ4v) is 4.20. The highest BCUT2D eigenvalue weighted by atomic mass is 35.5. The molecular weight excluding hydrogens is 252 g/mol. The van der Waals surface area contributed by atoms with Gasteiger partial charge in [0, 0.05) is 4.88 Å². The molecule has 96 valence electrons. The van der Waals surface area contributed by atoms with Crippen molar-refractivity contribution in [1.29, 1.82) is 0 Å². The van der Waals surface area contributed by atoms with Gasteiger partial charge >= 0.3 is 0 Å². The van der Waals surface area contributed by atoms with Gasteiger partial charge in [-0.1, -0.05) is 38.3 Å². The van der Waals surface area contributed by atoms with Gasteiger partial charge in [0.2, 0.25) is 0 Å². The molecule has 0 aromatic carbocycles. The molecule has 2 atom stereocenters. The standard InChI is InChI=1S/C14H21ClOS/c1-9-8-11(17-13(9)15)12(16)10-6-4-5-7-14(10,2)3/h8,10,12,16H,4-7H2,1-3H3. The van der Waals surface area contributed by atoms with Crippen molar-refractivity contribution in [2.45, 2.75) is 52.6 Å². The van der Waals surface area contributed by atoms with E-state index in [2.05, 4.69) is 13.8 Å². The van der Waals surface area contributed by atoms with Crippen molar-refractivity contribution in [3.05, 3.63) is 20.8 Å². The van der Waals surface area contributed by atoms with Gasteiger partial charge in [-0.25, -0.2) is 0 Å². The summed E-state index contributed by atoms with van der Waals surface area (Å²) < 4.78 is 0.813. The Hall–Kier alpha value is -0.0500. The number of aryl methyl sites for hydroxylation is 1. The summed E-state index contributed by atoms with van der Waals surface area (Å²) in [6.45, 7) is 6.56. The summed E-state index contributed by atoms with van der Waals surface area (Å²) in [4.78, 5) is 1.03. The molecular formula is C14H21ClOS. The molecule has 0 amide bonds. The summed E-state index contributed by atoms with van der Waals surface area (Å²) >= 11 is 7.62. The van der Waals surface area contributed by atoms with Gasteiger partial charge in [0.1, 0.15) is 0 Å². The van der Waals surface area contributed by atoms with Crippen molar-refractivity contribution in [3.63, 3.8) is 0 Å². The van der Waals surface area contributed by atoms with E-state index in [0.717, 1.165) is 21.2 Å². The Morgan fingerprint density at radius 3 is 2.71 bits per heavy atom. The molecule has 1 heterocycles. The molecule has 2 unspecified atom stereocenters. The van der Waals surface area contributed by atoms with E-state index in [1.807, 2.05) is 13.0 Å². The van der Waals surface area contributed by atoms with E-state index in [9.17, 15) is 5.11 Å². The minimum absolute atomic E-state index is 0.238. The third-order valence-corrected chi connectivity index (χ3v) is 5.76. The maximum absolute atomic E-state index is 10.6. The lowest BCUT2D eigenvalue weighted by atomic mass is 9.66. The summed E-state index contributed by atoms with van der Waals surface area (Å²) in [7, 11) is 0. The van der Waals surface area contributed by atoms with Crippen molar-refractivity contribution in [2.24, 2.45) is 11.3 Å². The van der Waals surface area contributed by atoms with Gasteiger partial charge in [0.15, 0.2) is 0 Å². The summed E-state index contributed by atoms with van der Waals surface area (Å²) in [5, 5.41) is 10.6. The van der Waals surface area contributed by atoms with Crippen LogP contribution < -0.4 is 0 Å². The fourth-order valence-electron chi connectivity index (χ4n) is 2.93. The van der Waals surface area contributed by atoms with Crippen LogP contribution in [0.25, 0.3) is 0 Å². The van der Waals surface area contributed by atoms with Gasteiger partial charge in [0.05, 0.1) is 10.4 Å². The van der Waals surface area contributed by atoms with E-state index < -0.39 is 0 Å². The molecule has 1 N–H and O–H groups in total. The first-order chi connectivity index (χ1) is 7.92. The van der Waals surface area contributed by atoms with E-state index in [0.29, 0.717) is 5.92 Å². The van der Waals surface area contributed by atoms with Gasteiger partial charge in [-0.15, -0.1) is 11.3 Å². The van der Waals surface area contributed by atoms with Crippen LogP contribution >= 0.6 is 22.9 Å². The molecule has 0 aliphatic heterocycles. The number of aliphatic hydroxyl groups is 1. The Morgan fingerprint density at radius 1 is 1.47 bits per heavy atom. The number of thiophene rings is 1. The van der Waals surface area contributed by atoms with Gasteiger partial charge in [0.25, 0.3) is 0 Å². The Morgan fingerprint density at radius 2 is 2.18 bits per heavy atom. The Balaban J connectivity index is 2.21. The van der Waals surface area contributed by atoms with Crippen LogP contribution in [0.5, 0.6) is 0 Å². The molecule has 1 nitrogen and oxygen atoms in total. The number of halogens is 1. The van der Waals surface area contributed by atoms with Gasteiger partial charge in [-0.2, -0.15) is 0 Å². The SMILES string of the molecule is Cc1cc(C(O)C2CCCCC2(C)C)sc1Cl. The lowest BCUT2D eigenvalue weighted by Gasteiger charge is -2.41. The Labute approximate surface area is 113 Å². The third kappa shape index (κ3) is 2.69. The molecule has 1 aliphatic carbocycles. The molecule has 0 radical (unpaired) electrons. The van der Waals surface area contributed by atoms with E-state index in [4.69, 9.17) is 11.6 Å². The number of aliphatic hydroxyl groups excluding tert-OH is 1. The van der Waals surface area contributed by atoms with E-state index in [1.54, 1.807) is 0 Å². The van der Waals surface area contributed by atoms with Gasteiger partial charge in [-0.05, 0) is 42.7 Å². The zero-order valence-corrected chi connectivity index (χ0v) is 12.4. The molecule has 1 fully saturated rings. The Bertz CT molecular complexity index is 377. The summed E-state index contributed by atoms with van der Waals surface area (Å²) in [5.74, 6) is 0.366. The first kappa shape index (κ1) is 13.4. The molecule has 0 saturated heterocycles. The molecule has 1 saturated carbocycles. The van der Waals surface area contributed by atoms with Crippen LogP contribution in [0.15, 0.2) is 6.07 Å². The minimum Gasteiger partial charge on any atom is -0.387 e. The summed E-state index contributed by atoms with van der Waals surface area (Å²) in [5.41, 5.74) is 1.32. The molecule has 1 aromatic heterocycles. The zero-order valence-electron chi connectivity index (χ0n) is 10.8. The average Bonchev–Trinajstić information content (AvgIpc) is 2.58. The van der Waals surface area contributed by atoms with Crippen LogP contribution in [-0.2, 0) is 0 Å². The maximum Gasteiger partial charge on any atom is 0.0961 e. The van der Waals surface area contributed by atoms with Crippen molar-refractivity contribution in [3.8, 4) is 0 Å². The predicted octanol–water partition coefficient (Wildman–Crippen LogP) is 4.96. The predicted molar refractivity (Wildman–Crippen MR) is 74.8 cm³/mol. The van der Waals surface area contributed by atoms with E-state index in [-0.39, 0.29) is 11.5 Å². The average molecular weight is 273 g/mol. The van der Waals surface area contributed by atoms with Crippen LogP contribution in [0.4, 0.5) is 0 Å². The monoisotopic (exact) mass is 272 g/mol. The number of hydrogen-bond donors (Lipinski definition) is 1. The second-order valence-electron chi connectivity index (χ2n) is 5.89. The number of rotatable bonds is 2. The topological polar surface area (TPSA) is 20.2 Å². The maximum atomic E-state index is 10.6. The second-order valence-corrected chi connectivity index (χ2v) is 7.58. The van der Waals surface area contributed by atoms with Crippen LogP contribution in [0, 0.1) is 18.3 Å². The van der Waals surface area contributed by atoms with Crippen molar-refractivity contribution in [2.75, 3.05) is 0 Å². The normalized spacial score (nSPS) is 25.8. The van der Waals surface area contributed by atoms with Crippen LogP contribution in [0.2, 0.25) is 4.34 Å². The Kier molecular flexibility index (Phi) is 3.86.